The Balaban J connectivity index is 2.00. The maximum Gasteiger partial charge on any atom is 0.381 e. The summed E-state index contributed by atoms with van der Waals surface area (Å²) in [4.78, 5) is 12.3. The average Bonchev–Trinajstić information content (AvgIpc) is 3.01. The molecule has 3 rings (SSSR count). The normalized spacial score (nSPS) is 15.4. The fraction of sp³-hybridized carbons (Fsp3) is 0.211. The quantitative estimate of drug-likeness (QED) is 0.317. The van der Waals surface area contributed by atoms with Crippen LogP contribution in [-0.4, -0.2) is 30.7 Å². The van der Waals surface area contributed by atoms with Gasteiger partial charge in [-0.25, -0.2) is 0 Å². The number of nitrogens with zero attached hydrogens (tertiary/aromatic N) is 2. The Morgan fingerprint density at radius 1 is 1.04 bits per heavy atom. The summed E-state index contributed by atoms with van der Waals surface area (Å²) < 4.78 is 17.0. The zero-order valence-electron chi connectivity index (χ0n) is 15.5. The fourth-order valence-electron chi connectivity index (χ4n) is 2.52. The summed E-state index contributed by atoms with van der Waals surface area (Å²) in [5.74, 6) is -0.193. The van der Waals surface area contributed by atoms with Gasteiger partial charge in [-0.3, -0.25) is 13.8 Å². The maximum atomic E-state index is 12.3. The van der Waals surface area contributed by atoms with E-state index in [1.54, 1.807) is 24.3 Å². The van der Waals surface area contributed by atoms with Crippen molar-refractivity contribution in [3.63, 3.8) is 0 Å². The van der Waals surface area contributed by atoms with Crippen LogP contribution in [0, 0.1) is 0 Å². The Bertz CT molecular complexity index is 953. The van der Waals surface area contributed by atoms with Crippen LogP contribution in [-0.2, 0) is 30.2 Å². The molecule has 7 nitrogen and oxygen atoms in total. The number of anilines is 1. The number of benzene rings is 2. The van der Waals surface area contributed by atoms with Crippen LogP contribution in [0.2, 0.25) is 0 Å². The maximum absolute atomic E-state index is 12.3. The topological polar surface area (TPSA) is 81.5 Å². The lowest BCUT2D eigenvalue weighted by atomic mass is 10.1. The van der Waals surface area contributed by atoms with Crippen LogP contribution in [0.4, 0.5) is 5.69 Å². The van der Waals surface area contributed by atoms with Gasteiger partial charge in [0.05, 0.1) is 18.9 Å². The summed E-state index contributed by atoms with van der Waals surface area (Å²) in [5.41, 5.74) is 2.22. The van der Waals surface area contributed by atoms with E-state index in [1.807, 2.05) is 44.2 Å². The van der Waals surface area contributed by atoms with Gasteiger partial charge in [-0.05, 0) is 32.0 Å². The van der Waals surface area contributed by atoms with Crippen LogP contribution >= 0.6 is 6.72 Å². The molecule has 9 heteroatoms. The molecule has 1 amide bonds. The van der Waals surface area contributed by atoms with Crippen molar-refractivity contribution in [3.05, 3.63) is 65.7 Å². The van der Waals surface area contributed by atoms with E-state index in [2.05, 4.69) is 15.5 Å². The first kappa shape index (κ1) is 20.4. The van der Waals surface area contributed by atoms with Crippen molar-refractivity contribution in [2.24, 2.45) is 10.2 Å². The highest BCUT2D eigenvalue weighted by molar-refractivity contribution is 8.07. The van der Waals surface area contributed by atoms with Gasteiger partial charge in [-0.15, -0.1) is 10.2 Å². The van der Waals surface area contributed by atoms with Gasteiger partial charge in [-0.2, -0.15) is 0 Å². The van der Waals surface area contributed by atoms with Gasteiger partial charge in [0.1, 0.15) is 0 Å². The highest BCUT2D eigenvalue weighted by Crippen LogP contribution is 2.50. The molecule has 0 unspecified atom stereocenters. The Kier molecular flexibility index (Phi) is 6.70. The van der Waals surface area contributed by atoms with Crippen molar-refractivity contribution in [3.8, 4) is 0 Å². The third kappa shape index (κ3) is 4.72. The molecule has 0 atom stereocenters. The van der Waals surface area contributed by atoms with Crippen LogP contribution in [0.3, 0.4) is 0 Å². The van der Waals surface area contributed by atoms with Crippen molar-refractivity contribution in [1.29, 1.82) is 0 Å². The van der Waals surface area contributed by atoms with Gasteiger partial charge in [0, 0.05) is 22.9 Å². The lowest BCUT2D eigenvalue weighted by Gasteiger charge is -2.21. The van der Waals surface area contributed by atoms with E-state index >= 15 is 0 Å². The minimum Gasteiger partial charge on any atom is -0.403 e. The van der Waals surface area contributed by atoms with E-state index in [1.165, 1.54) is 0 Å². The third-order valence-electron chi connectivity index (χ3n) is 3.68. The van der Waals surface area contributed by atoms with Crippen molar-refractivity contribution < 1.29 is 18.4 Å². The molecule has 0 spiro atoms. The molecule has 1 aliphatic heterocycles. The average molecular weight is 417 g/mol. The molecule has 146 valence electrons. The molecule has 0 aliphatic carbocycles. The molecule has 28 heavy (non-hydrogen) atoms. The Morgan fingerprint density at radius 2 is 1.68 bits per heavy atom. The van der Waals surface area contributed by atoms with Crippen molar-refractivity contribution in [1.82, 2.24) is 0 Å². The highest BCUT2D eigenvalue weighted by atomic mass is 32.5. The summed E-state index contributed by atoms with van der Waals surface area (Å²) in [5, 5.41) is 11.1. The summed E-state index contributed by atoms with van der Waals surface area (Å²) >= 11 is 5.45. The van der Waals surface area contributed by atoms with Crippen LogP contribution in [0.25, 0.3) is 0 Å². The van der Waals surface area contributed by atoms with Crippen molar-refractivity contribution in [2.45, 2.75) is 13.8 Å². The number of hydrogen-bond donors (Lipinski definition) is 1. The summed E-state index contributed by atoms with van der Waals surface area (Å²) in [6.45, 7) is 1.24. The molecule has 1 heterocycles. The first-order valence-corrected chi connectivity index (χ1v) is 11.3. The molecule has 1 N–H and O–H groups in total. The molecule has 2 aromatic carbocycles. The highest BCUT2D eigenvalue weighted by Gasteiger charge is 2.27. The number of carbonyl (C=O) groups excluding carboxylic acids is 1. The predicted octanol–water partition coefficient (Wildman–Crippen LogP) is 4.10. The van der Waals surface area contributed by atoms with Crippen molar-refractivity contribution in [2.75, 3.05) is 18.5 Å². The minimum absolute atomic E-state index is 0.135. The number of nitrogens with one attached hydrogen (secondary N) is 1. The molecule has 2 aromatic rings. The molecule has 0 aromatic heterocycles. The zero-order chi connectivity index (χ0) is 20.0. The Morgan fingerprint density at radius 3 is 2.36 bits per heavy atom. The second-order valence-corrected chi connectivity index (χ2v) is 8.53. The van der Waals surface area contributed by atoms with E-state index < -0.39 is 6.72 Å². The van der Waals surface area contributed by atoms with E-state index in [0.717, 1.165) is 0 Å². The molecular weight excluding hydrogens is 397 g/mol. The number of fused-ring (bicyclic) bond motifs is 1. The molecule has 0 saturated heterocycles. The SMILES string of the molecule is CCOP(=S)(OCC)O/C(=N\N=C1/C(=O)Nc2ccccc21)c1ccccc1. The van der Waals surface area contributed by atoms with Gasteiger partial charge in [0.25, 0.3) is 5.91 Å². The van der Waals surface area contributed by atoms with Crippen LogP contribution < -0.4 is 5.32 Å². The molecule has 0 fully saturated rings. The second kappa shape index (κ2) is 9.21. The van der Waals surface area contributed by atoms with E-state index in [9.17, 15) is 4.79 Å². The molecule has 0 radical (unpaired) electrons. The molecule has 1 aliphatic rings. The Hall–Kier alpha value is -2.38. The Labute approximate surface area is 168 Å². The predicted molar refractivity (Wildman–Crippen MR) is 113 cm³/mol. The van der Waals surface area contributed by atoms with Gasteiger partial charge < -0.3 is 9.84 Å². The monoisotopic (exact) mass is 417 g/mol. The number of carbonyl (C=O) groups is 1. The zero-order valence-corrected chi connectivity index (χ0v) is 17.2. The van der Waals surface area contributed by atoms with E-state index in [0.29, 0.717) is 30.0 Å². The van der Waals surface area contributed by atoms with Gasteiger partial charge in [0.2, 0.25) is 5.90 Å². The van der Waals surface area contributed by atoms with Crippen molar-refractivity contribution >= 4 is 41.7 Å². The minimum atomic E-state index is -3.05. The van der Waals surface area contributed by atoms with E-state index in [4.69, 9.17) is 25.4 Å². The molecule has 0 bridgehead atoms. The fourth-order valence-corrected chi connectivity index (χ4v) is 4.53. The smallest absolute Gasteiger partial charge is 0.381 e. The standard InChI is InChI=1S/C19H20N3O4PS/c1-3-24-27(28,25-4-2)26-19(14-10-6-5-7-11-14)22-21-17-15-12-8-9-13-16(15)20-18(17)23/h5-13H,3-4H2,1-2H3,(H,20,21,23)/b22-19-. The van der Waals surface area contributed by atoms with Gasteiger partial charge >= 0.3 is 6.72 Å². The lowest BCUT2D eigenvalue weighted by Crippen LogP contribution is -2.14. The summed E-state index contributed by atoms with van der Waals surface area (Å²) in [6, 6.07) is 16.4. The third-order valence-corrected chi connectivity index (χ3v) is 6.08. The molecule has 0 saturated carbocycles. The van der Waals surface area contributed by atoms with Gasteiger partial charge in [-0.1, -0.05) is 36.4 Å². The summed E-state index contributed by atoms with van der Waals surface area (Å²) in [6.07, 6.45) is 0. The number of rotatable bonds is 7. The molecular formula is C19H20N3O4PS. The van der Waals surface area contributed by atoms with Crippen LogP contribution in [0.5, 0.6) is 0 Å². The number of hydrogen-bond acceptors (Lipinski definition) is 7. The summed E-state index contributed by atoms with van der Waals surface area (Å²) in [7, 11) is 0. The largest absolute Gasteiger partial charge is 0.403 e. The van der Waals surface area contributed by atoms with Gasteiger partial charge in [0.15, 0.2) is 5.71 Å². The van der Waals surface area contributed by atoms with Crippen LogP contribution in [0.15, 0.2) is 64.8 Å². The number of para-hydroxylation sites is 1. The van der Waals surface area contributed by atoms with Crippen LogP contribution in [0.1, 0.15) is 25.0 Å². The van der Waals surface area contributed by atoms with E-state index in [-0.39, 0.29) is 17.5 Å². The first-order chi connectivity index (χ1) is 13.6. The first-order valence-electron chi connectivity index (χ1n) is 8.77. The number of amides is 1. The second-order valence-electron chi connectivity index (χ2n) is 5.59. The lowest BCUT2D eigenvalue weighted by molar-refractivity contribution is -0.110.